The van der Waals surface area contributed by atoms with E-state index < -0.39 is 0 Å². The molecule has 0 aliphatic rings. The molecule has 0 radical (unpaired) electrons. The van der Waals surface area contributed by atoms with Crippen LogP contribution < -0.4 is 20.7 Å². The van der Waals surface area contributed by atoms with Gasteiger partial charge in [0.1, 0.15) is 34.8 Å². The first kappa shape index (κ1) is 28.1. The van der Waals surface area contributed by atoms with Crippen molar-refractivity contribution in [3.63, 3.8) is 0 Å². The van der Waals surface area contributed by atoms with E-state index in [1.807, 2.05) is 17.5 Å². The Morgan fingerprint density at radius 2 is 1.93 bits per heavy atom. The van der Waals surface area contributed by atoms with Gasteiger partial charge in [-0.15, -0.1) is 11.3 Å². The maximum atomic E-state index is 13.4. The van der Waals surface area contributed by atoms with E-state index in [1.54, 1.807) is 36.4 Å². The zero-order chi connectivity index (χ0) is 28.6. The Hall–Kier alpha value is -4.39. The van der Waals surface area contributed by atoms with Crippen molar-refractivity contribution in [3.8, 4) is 5.75 Å². The number of nitrogens with one attached hydrogen (secondary N) is 3. The van der Waals surface area contributed by atoms with E-state index in [2.05, 4.69) is 30.9 Å². The molecule has 0 unspecified atom stereocenters. The third kappa shape index (κ3) is 7.63. The molecule has 0 aliphatic carbocycles. The number of carbonyl (C=O) groups excluding carboxylic acids is 2. The van der Waals surface area contributed by atoms with Crippen LogP contribution in [0.25, 0.3) is 16.4 Å². The monoisotopic (exact) mass is 608 g/mol. The van der Waals surface area contributed by atoms with Gasteiger partial charge in [-0.3, -0.25) is 9.59 Å². The number of anilines is 2. The molecule has 208 valence electrons. The van der Waals surface area contributed by atoms with Crippen molar-refractivity contribution in [2.45, 2.75) is 6.61 Å². The number of aromatic nitrogens is 3. The fourth-order valence-electron chi connectivity index (χ4n) is 3.60. The maximum Gasteiger partial charge on any atom is 0.280 e. The average Bonchev–Trinajstić information content (AvgIpc) is 3.65. The Morgan fingerprint density at radius 1 is 1.05 bits per heavy atom. The third-order valence-corrected chi connectivity index (χ3v) is 7.61. The van der Waals surface area contributed by atoms with E-state index in [1.165, 1.54) is 35.9 Å². The van der Waals surface area contributed by atoms with Crippen LogP contribution in [-0.4, -0.2) is 39.9 Å². The molecule has 0 atom stereocenters. The van der Waals surface area contributed by atoms with Gasteiger partial charge in [-0.25, -0.2) is 19.3 Å². The molecule has 2 amide bonds. The topological polar surface area (TPSA) is 118 Å². The number of halogens is 2. The van der Waals surface area contributed by atoms with Crippen molar-refractivity contribution in [2.24, 2.45) is 0 Å². The lowest BCUT2D eigenvalue weighted by molar-refractivity contribution is -0.116. The van der Waals surface area contributed by atoms with Gasteiger partial charge in [0, 0.05) is 29.7 Å². The summed E-state index contributed by atoms with van der Waals surface area (Å²) in [6.07, 6.45) is 4.56. The van der Waals surface area contributed by atoms with E-state index >= 15 is 0 Å². The summed E-state index contributed by atoms with van der Waals surface area (Å²) in [5.41, 5.74) is 1.73. The molecule has 41 heavy (non-hydrogen) atoms. The first-order valence-corrected chi connectivity index (χ1v) is 14.3. The molecule has 0 saturated carbocycles. The molecule has 3 N–H and O–H groups in total. The van der Waals surface area contributed by atoms with Gasteiger partial charge in [0.05, 0.1) is 5.02 Å². The quantitative estimate of drug-likeness (QED) is 0.128. The van der Waals surface area contributed by atoms with Gasteiger partial charge in [0.15, 0.2) is 10.8 Å². The van der Waals surface area contributed by atoms with E-state index in [0.717, 1.165) is 16.2 Å². The predicted octanol–water partition coefficient (Wildman–Crippen LogP) is 5.82. The van der Waals surface area contributed by atoms with Gasteiger partial charge in [0.2, 0.25) is 5.91 Å². The minimum atomic E-state index is -0.384. The highest BCUT2D eigenvalue weighted by molar-refractivity contribution is 7.20. The smallest absolute Gasteiger partial charge is 0.280 e. The second kappa shape index (κ2) is 13.3. The van der Waals surface area contributed by atoms with Crippen molar-refractivity contribution in [1.29, 1.82) is 0 Å². The minimum absolute atomic E-state index is 0.166. The molecule has 3 aromatic heterocycles. The zero-order valence-corrected chi connectivity index (χ0v) is 23.7. The molecule has 0 fully saturated rings. The highest BCUT2D eigenvalue weighted by Gasteiger charge is 2.16. The van der Waals surface area contributed by atoms with Crippen molar-refractivity contribution in [1.82, 2.24) is 25.6 Å². The molecule has 2 aromatic carbocycles. The molecule has 0 saturated heterocycles. The zero-order valence-electron chi connectivity index (χ0n) is 21.3. The number of ether oxygens (including phenoxy) is 1. The third-order valence-electron chi connectivity index (χ3n) is 5.52. The normalized spacial score (nSPS) is 11.1. The number of carbonyl (C=O) groups is 2. The van der Waals surface area contributed by atoms with Crippen LogP contribution in [0.4, 0.5) is 15.9 Å². The SMILES string of the molecule is O=C(/C=C/c1cccs1)NCCNC(=O)c1nc2c(Nc3ccc(OCc4cccc(F)c4)c(Cl)c3)ncnc2s1. The molecule has 13 heteroatoms. The lowest BCUT2D eigenvalue weighted by Gasteiger charge is -2.11. The standard InChI is InChI=1S/C28H22ClFN6O3S2/c29-21-14-19(6-8-22(21)39-15-17-3-1-4-18(30)13-17)35-25-24-27(34-16-33-25)41-28(36-24)26(38)32-11-10-31-23(37)9-7-20-5-2-12-40-20/h1-9,12-14,16H,10-11,15H2,(H,31,37)(H,32,38)(H,33,34,35)/b9-7+. The van der Waals surface area contributed by atoms with Crippen LogP contribution >= 0.6 is 34.3 Å². The van der Waals surface area contributed by atoms with Crippen molar-refractivity contribution < 1.29 is 18.7 Å². The summed E-state index contributed by atoms with van der Waals surface area (Å²) in [6.45, 7) is 0.662. The highest BCUT2D eigenvalue weighted by Crippen LogP contribution is 2.32. The molecular weight excluding hydrogens is 587 g/mol. The predicted molar refractivity (Wildman–Crippen MR) is 159 cm³/mol. The molecular formula is C28H22ClFN6O3S2. The summed E-state index contributed by atoms with van der Waals surface area (Å²) < 4.78 is 19.1. The molecule has 3 heterocycles. The summed E-state index contributed by atoms with van der Waals surface area (Å²) in [4.78, 5) is 39.0. The summed E-state index contributed by atoms with van der Waals surface area (Å²) in [7, 11) is 0. The number of hydrogen-bond donors (Lipinski definition) is 3. The Balaban J connectivity index is 1.16. The van der Waals surface area contributed by atoms with Crippen LogP contribution in [0.1, 0.15) is 20.2 Å². The Bertz CT molecular complexity index is 1710. The van der Waals surface area contributed by atoms with Crippen molar-refractivity contribution >= 4 is 74.0 Å². The molecule has 5 aromatic rings. The lowest BCUT2D eigenvalue weighted by Crippen LogP contribution is -2.33. The Labute approximate surface area is 247 Å². The van der Waals surface area contributed by atoms with E-state index in [9.17, 15) is 14.0 Å². The lowest BCUT2D eigenvalue weighted by atomic mass is 10.2. The second-order valence-corrected chi connectivity index (χ2v) is 10.8. The molecule has 9 nitrogen and oxygen atoms in total. The van der Waals surface area contributed by atoms with Gasteiger partial charge < -0.3 is 20.7 Å². The minimum Gasteiger partial charge on any atom is -0.487 e. The van der Waals surface area contributed by atoms with Crippen molar-refractivity contribution in [2.75, 3.05) is 18.4 Å². The molecule has 5 rings (SSSR count). The first-order valence-electron chi connectivity index (χ1n) is 12.3. The molecule has 0 spiro atoms. The maximum absolute atomic E-state index is 13.4. The fraction of sp³-hybridized carbons (Fsp3) is 0.107. The van der Waals surface area contributed by atoms with Crippen LogP contribution in [0.15, 0.2) is 72.4 Å². The number of nitrogens with zero attached hydrogens (tertiary/aromatic N) is 3. The summed E-state index contributed by atoms with van der Waals surface area (Å²) in [5, 5.41) is 11.1. The average molecular weight is 609 g/mol. The van der Waals surface area contributed by atoms with Gasteiger partial charge in [0.25, 0.3) is 5.91 Å². The number of amides is 2. The largest absolute Gasteiger partial charge is 0.487 e. The second-order valence-electron chi connectivity index (χ2n) is 8.48. The van der Waals surface area contributed by atoms with Gasteiger partial charge in [-0.1, -0.05) is 41.1 Å². The number of hydrogen-bond acceptors (Lipinski definition) is 9. The van der Waals surface area contributed by atoms with E-state index in [-0.39, 0.29) is 42.3 Å². The van der Waals surface area contributed by atoms with E-state index in [0.29, 0.717) is 38.2 Å². The van der Waals surface area contributed by atoms with Crippen LogP contribution in [0, 0.1) is 5.82 Å². The van der Waals surface area contributed by atoms with Crippen LogP contribution in [0.3, 0.4) is 0 Å². The number of thiophene rings is 1. The highest BCUT2D eigenvalue weighted by atomic mass is 35.5. The number of thiazole rings is 1. The van der Waals surface area contributed by atoms with Crippen LogP contribution in [-0.2, 0) is 11.4 Å². The van der Waals surface area contributed by atoms with Gasteiger partial charge in [-0.05, 0) is 53.4 Å². The van der Waals surface area contributed by atoms with E-state index in [4.69, 9.17) is 16.3 Å². The van der Waals surface area contributed by atoms with Crippen LogP contribution in [0.2, 0.25) is 5.02 Å². The Kier molecular flexibility index (Phi) is 9.14. The summed E-state index contributed by atoms with van der Waals surface area (Å²) in [5.74, 6) is -0.121. The first-order chi connectivity index (χ1) is 19.9. The summed E-state index contributed by atoms with van der Waals surface area (Å²) >= 11 is 9.07. The summed E-state index contributed by atoms with van der Waals surface area (Å²) in [6, 6.07) is 15.1. The van der Waals surface area contributed by atoms with Gasteiger partial charge in [-0.2, -0.15) is 0 Å². The molecule has 0 aliphatic heterocycles. The van der Waals surface area contributed by atoms with Crippen molar-refractivity contribution in [3.05, 3.63) is 98.7 Å². The Morgan fingerprint density at radius 3 is 2.73 bits per heavy atom. The van der Waals surface area contributed by atoms with Gasteiger partial charge >= 0.3 is 0 Å². The molecule has 0 bridgehead atoms. The van der Waals surface area contributed by atoms with Crippen LogP contribution in [0.5, 0.6) is 5.75 Å². The number of fused-ring (bicyclic) bond motifs is 1. The number of benzene rings is 2. The number of rotatable bonds is 11. The fourth-order valence-corrected chi connectivity index (χ4v) is 5.28.